The van der Waals surface area contributed by atoms with Crippen LogP contribution in [0.1, 0.15) is 28.9 Å². The minimum atomic E-state index is -1.79. The zero-order chi connectivity index (χ0) is 14.5. The van der Waals surface area contributed by atoms with Crippen molar-refractivity contribution in [2.24, 2.45) is 0 Å². The van der Waals surface area contributed by atoms with Gasteiger partial charge >= 0.3 is 5.97 Å². The van der Waals surface area contributed by atoms with Crippen LogP contribution in [0.15, 0.2) is 24.3 Å². The van der Waals surface area contributed by atoms with Gasteiger partial charge in [0.1, 0.15) is 0 Å². The fraction of sp³-hybridized carbons (Fsp3) is 0.429. The number of carbonyl (C=O) groups excluding carboxylic acids is 1. The van der Waals surface area contributed by atoms with Crippen LogP contribution in [0.5, 0.6) is 0 Å². The van der Waals surface area contributed by atoms with Gasteiger partial charge in [0.25, 0.3) is 0 Å². The Bertz CT molecular complexity index is 471. The van der Waals surface area contributed by atoms with E-state index in [-0.39, 0.29) is 5.97 Å². The van der Waals surface area contributed by atoms with Crippen LogP contribution in [-0.4, -0.2) is 20.9 Å². The van der Waals surface area contributed by atoms with E-state index >= 15 is 0 Å². The predicted molar refractivity (Wildman–Crippen MR) is 75.2 cm³/mol. The summed E-state index contributed by atoms with van der Waals surface area (Å²) in [4.78, 5) is 11.5. The van der Waals surface area contributed by atoms with E-state index in [0.717, 1.165) is 5.56 Å². The molecule has 0 aliphatic heterocycles. The first-order chi connectivity index (χ1) is 8.87. The van der Waals surface area contributed by atoms with Gasteiger partial charge in [-0.25, -0.2) is 4.79 Å². The standard InChI is InChI=1S/C14H19NO3Si/c1-5-17-14(16)12-8-6-11(7-9-12)13(10-15)18-19(2,3)4/h6-9,13H,5H2,1-4H3. The first-order valence-corrected chi connectivity index (χ1v) is 9.62. The zero-order valence-corrected chi connectivity index (χ0v) is 12.8. The molecule has 0 spiro atoms. The van der Waals surface area contributed by atoms with E-state index in [1.165, 1.54) is 0 Å². The van der Waals surface area contributed by atoms with E-state index in [0.29, 0.717) is 12.2 Å². The minimum absolute atomic E-state index is 0.347. The molecule has 0 radical (unpaired) electrons. The summed E-state index contributed by atoms with van der Waals surface area (Å²) >= 11 is 0. The first-order valence-electron chi connectivity index (χ1n) is 6.22. The highest BCUT2D eigenvalue weighted by molar-refractivity contribution is 6.69. The van der Waals surface area contributed by atoms with Gasteiger partial charge in [-0.3, -0.25) is 0 Å². The van der Waals surface area contributed by atoms with Gasteiger partial charge in [-0.05, 0) is 44.3 Å². The summed E-state index contributed by atoms with van der Waals surface area (Å²) in [5.41, 5.74) is 1.24. The third-order valence-electron chi connectivity index (χ3n) is 2.31. The molecule has 1 unspecified atom stereocenters. The Morgan fingerprint density at radius 1 is 1.32 bits per heavy atom. The Hall–Kier alpha value is -1.64. The average Bonchev–Trinajstić information content (AvgIpc) is 2.35. The fourth-order valence-electron chi connectivity index (χ4n) is 1.53. The minimum Gasteiger partial charge on any atom is -0.462 e. The summed E-state index contributed by atoms with van der Waals surface area (Å²) in [6, 6.07) is 8.93. The van der Waals surface area contributed by atoms with Crippen molar-refractivity contribution < 1.29 is 14.0 Å². The molecule has 0 saturated carbocycles. The van der Waals surface area contributed by atoms with Crippen LogP contribution in [0.25, 0.3) is 0 Å². The van der Waals surface area contributed by atoms with E-state index in [2.05, 4.69) is 6.07 Å². The lowest BCUT2D eigenvalue weighted by atomic mass is 10.1. The molecule has 5 heteroatoms. The van der Waals surface area contributed by atoms with E-state index in [1.54, 1.807) is 31.2 Å². The number of hydrogen-bond acceptors (Lipinski definition) is 4. The highest BCUT2D eigenvalue weighted by Gasteiger charge is 2.22. The molecule has 0 amide bonds. The van der Waals surface area contributed by atoms with Crippen LogP contribution in [0, 0.1) is 11.3 Å². The second-order valence-electron chi connectivity index (χ2n) is 5.08. The Labute approximate surface area is 115 Å². The molecule has 102 valence electrons. The van der Waals surface area contributed by atoms with Crippen LogP contribution in [0.2, 0.25) is 19.6 Å². The van der Waals surface area contributed by atoms with Crippen LogP contribution in [-0.2, 0) is 9.16 Å². The van der Waals surface area contributed by atoms with Crippen molar-refractivity contribution in [3.63, 3.8) is 0 Å². The first kappa shape index (κ1) is 15.4. The maximum absolute atomic E-state index is 11.5. The number of esters is 1. The highest BCUT2D eigenvalue weighted by Crippen LogP contribution is 2.22. The molecule has 19 heavy (non-hydrogen) atoms. The van der Waals surface area contributed by atoms with Gasteiger partial charge in [0.15, 0.2) is 14.4 Å². The van der Waals surface area contributed by atoms with Crippen LogP contribution in [0.3, 0.4) is 0 Å². The fourth-order valence-corrected chi connectivity index (χ4v) is 2.43. The molecule has 1 rings (SSSR count). The smallest absolute Gasteiger partial charge is 0.338 e. The monoisotopic (exact) mass is 277 g/mol. The second-order valence-corrected chi connectivity index (χ2v) is 9.54. The van der Waals surface area contributed by atoms with E-state index in [1.807, 2.05) is 19.6 Å². The number of carbonyl (C=O) groups is 1. The number of nitriles is 1. The molecule has 0 bridgehead atoms. The number of benzene rings is 1. The topological polar surface area (TPSA) is 59.3 Å². The molecule has 0 aliphatic rings. The van der Waals surface area contributed by atoms with Crippen LogP contribution < -0.4 is 0 Å². The summed E-state index contributed by atoms with van der Waals surface area (Å²) < 4.78 is 10.7. The van der Waals surface area contributed by atoms with Gasteiger partial charge in [0.05, 0.1) is 18.2 Å². The van der Waals surface area contributed by atoms with E-state index in [4.69, 9.17) is 14.4 Å². The summed E-state index contributed by atoms with van der Waals surface area (Å²) in [6.45, 7) is 8.21. The molecule has 0 heterocycles. The molecule has 1 atom stereocenters. The average molecular weight is 277 g/mol. The van der Waals surface area contributed by atoms with Gasteiger partial charge in [-0.2, -0.15) is 5.26 Å². The second kappa shape index (κ2) is 6.50. The van der Waals surface area contributed by atoms with Gasteiger partial charge in [-0.15, -0.1) is 0 Å². The predicted octanol–water partition coefficient (Wildman–Crippen LogP) is 3.28. The molecule has 0 saturated heterocycles. The zero-order valence-electron chi connectivity index (χ0n) is 11.8. The molecule has 0 N–H and O–H groups in total. The number of rotatable bonds is 5. The Balaban J connectivity index is 2.85. The van der Waals surface area contributed by atoms with Gasteiger partial charge in [-0.1, -0.05) is 12.1 Å². The van der Waals surface area contributed by atoms with Gasteiger partial charge in [0, 0.05) is 0 Å². The van der Waals surface area contributed by atoms with E-state index in [9.17, 15) is 4.79 Å². The maximum Gasteiger partial charge on any atom is 0.338 e. The lowest BCUT2D eigenvalue weighted by Gasteiger charge is -2.21. The molecule has 0 aromatic heterocycles. The van der Waals surface area contributed by atoms with Crippen molar-refractivity contribution in [3.8, 4) is 6.07 Å². The molecule has 1 aromatic carbocycles. The van der Waals surface area contributed by atoms with Crippen molar-refractivity contribution in [2.75, 3.05) is 6.61 Å². The summed E-state index contributed by atoms with van der Waals surface area (Å²) in [5.74, 6) is -0.353. The normalized spacial score (nSPS) is 12.6. The van der Waals surface area contributed by atoms with Crippen LogP contribution in [0.4, 0.5) is 0 Å². The van der Waals surface area contributed by atoms with Crippen molar-refractivity contribution in [1.82, 2.24) is 0 Å². The maximum atomic E-state index is 11.5. The Kier molecular flexibility index (Phi) is 5.28. The van der Waals surface area contributed by atoms with Crippen molar-refractivity contribution in [1.29, 1.82) is 5.26 Å². The molecule has 4 nitrogen and oxygen atoms in total. The summed E-state index contributed by atoms with van der Waals surface area (Å²) in [5, 5.41) is 9.16. The third kappa shape index (κ3) is 4.85. The highest BCUT2D eigenvalue weighted by atomic mass is 28.4. The number of hydrogen-bond donors (Lipinski definition) is 0. The van der Waals surface area contributed by atoms with Crippen molar-refractivity contribution in [2.45, 2.75) is 32.7 Å². The molecular weight excluding hydrogens is 258 g/mol. The lowest BCUT2D eigenvalue weighted by molar-refractivity contribution is 0.0526. The number of ether oxygens (including phenoxy) is 1. The van der Waals surface area contributed by atoms with Gasteiger partial charge < -0.3 is 9.16 Å². The van der Waals surface area contributed by atoms with Gasteiger partial charge in [0.2, 0.25) is 0 Å². The van der Waals surface area contributed by atoms with Crippen LogP contribution >= 0.6 is 0 Å². The SMILES string of the molecule is CCOC(=O)c1ccc(C(C#N)O[Si](C)(C)C)cc1. The third-order valence-corrected chi connectivity index (χ3v) is 3.26. The lowest BCUT2D eigenvalue weighted by Crippen LogP contribution is -2.27. The number of nitrogens with zero attached hydrogens (tertiary/aromatic N) is 1. The molecular formula is C14H19NO3Si. The summed E-state index contributed by atoms with van der Waals surface area (Å²) in [7, 11) is -1.79. The largest absolute Gasteiger partial charge is 0.462 e. The van der Waals surface area contributed by atoms with E-state index < -0.39 is 14.4 Å². The molecule has 0 aliphatic carbocycles. The van der Waals surface area contributed by atoms with Crippen molar-refractivity contribution in [3.05, 3.63) is 35.4 Å². The summed E-state index contributed by atoms with van der Waals surface area (Å²) in [6.07, 6.45) is -0.581. The molecule has 1 aromatic rings. The van der Waals surface area contributed by atoms with Crippen molar-refractivity contribution >= 4 is 14.3 Å². The quantitative estimate of drug-likeness (QED) is 0.612. The Morgan fingerprint density at radius 3 is 2.32 bits per heavy atom. The Morgan fingerprint density at radius 2 is 1.89 bits per heavy atom. The molecule has 0 fully saturated rings.